The van der Waals surface area contributed by atoms with Crippen LogP contribution in [0.5, 0.6) is 0 Å². The molecule has 2 heterocycles. The van der Waals surface area contributed by atoms with Gasteiger partial charge in [0.05, 0.1) is 18.9 Å². The molecular weight excluding hydrogens is 317 g/mol. The van der Waals surface area contributed by atoms with Crippen molar-refractivity contribution in [2.75, 3.05) is 30.2 Å². The van der Waals surface area contributed by atoms with Crippen LogP contribution < -0.4 is 9.80 Å². The Labute approximate surface area is 140 Å². The molecule has 3 rings (SSSR count). The Bertz CT molecular complexity index is 666. The van der Waals surface area contributed by atoms with Crippen LogP contribution in [0, 0.1) is 0 Å². The second-order valence-corrected chi connectivity index (χ2v) is 6.42. The zero-order valence-corrected chi connectivity index (χ0v) is 14.0. The molecule has 0 atom stereocenters. The second kappa shape index (κ2) is 5.96. The lowest BCUT2D eigenvalue weighted by atomic mass is 10.1. The number of benzene rings is 1. The van der Waals surface area contributed by atoms with Gasteiger partial charge in [-0.1, -0.05) is 0 Å². The van der Waals surface area contributed by atoms with Crippen LogP contribution in [0.3, 0.4) is 0 Å². The second-order valence-electron chi connectivity index (χ2n) is 6.42. The smallest absolute Gasteiger partial charge is 0.361 e. The van der Waals surface area contributed by atoms with Crippen LogP contribution in [0.2, 0.25) is 0 Å². The molecule has 0 radical (unpaired) electrons. The zero-order chi connectivity index (χ0) is 17.5. The van der Waals surface area contributed by atoms with Gasteiger partial charge in [-0.3, -0.25) is 0 Å². The summed E-state index contributed by atoms with van der Waals surface area (Å²) in [6.45, 7) is 5.19. The quantitative estimate of drug-likeness (QED) is 0.830. The lowest BCUT2D eigenvalue weighted by Crippen LogP contribution is -2.30. The Kier molecular flexibility index (Phi) is 4.11. The Balaban J connectivity index is 1.94. The minimum atomic E-state index is -4.37. The van der Waals surface area contributed by atoms with Gasteiger partial charge in [-0.25, -0.2) is 0 Å². The molecule has 24 heavy (non-hydrogen) atoms. The van der Waals surface area contributed by atoms with Gasteiger partial charge in [-0.05, 0) is 32.0 Å². The van der Waals surface area contributed by atoms with Crippen molar-refractivity contribution >= 4 is 11.4 Å². The molecule has 1 aromatic carbocycles. The molecule has 7 heteroatoms. The fourth-order valence-electron chi connectivity index (χ4n) is 2.73. The first-order valence-electron chi connectivity index (χ1n) is 7.82. The van der Waals surface area contributed by atoms with E-state index in [4.69, 9.17) is 0 Å². The lowest BCUT2D eigenvalue weighted by molar-refractivity contribution is -0.137. The molecule has 0 unspecified atom stereocenters. The molecule has 2 aliphatic heterocycles. The summed E-state index contributed by atoms with van der Waals surface area (Å²) in [7, 11) is 1.88. The molecule has 0 amide bonds. The number of rotatable bonds is 3. The molecule has 0 saturated heterocycles. The fourth-order valence-corrected chi connectivity index (χ4v) is 2.73. The van der Waals surface area contributed by atoms with E-state index in [9.17, 15) is 13.2 Å². The van der Waals surface area contributed by atoms with Crippen LogP contribution in [0.25, 0.3) is 0 Å². The van der Waals surface area contributed by atoms with Gasteiger partial charge in [-0.2, -0.15) is 13.2 Å². The summed E-state index contributed by atoms with van der Waals surface area (Å²) in [5, 5.41) is 0. The van der Waals surface area contributed by atoms with Crippen molar-refractivity contribution < 1.29 is 13.2 Å². The Morgan fingerprint density at radius 2 is 1.46 bits per heavy atom. The number of hydrogen-bond donors (Lipinski definition) is 0. The molecule has 0 fully saturated rings. The SMILES string of the molecule is CC(C)N1C=CN(c2cc(N3C=CN(C)C3)cc(C(F)(F)F)c2)C1. The van der Waals surface area contributed by atoms with Crippen LogP contribution in [0.4, 0.5) is 24.5 Å². The summed E-state index contributed by atoms with van der Waals surface area (Å²) < 4.78 is 39.9. The first-order valence-corrected chi connectivity index (χ1v) is 7.82. The van der Waals surface area contributed by atoms with Crippen molar-refractivity contribution in [3.8, 4) is 0 Å². The first-order chi connectivity index (χ1) is 11.2. The molecule has 1 aromatic rings. The third-order valence-electron chi connectivity index (χ3n) is 4.19. The number of anilines is 2. The van der Waals surface area contributed by atoms with Crippen molar-refractivity contribution in [1.82, 2.24) is 9.80 Å². The molecule has 0 spiro atoms. The predicted octanol–water partition coefficient (Wildman–Crippen LogP) is 3.85. The summed E-state index contributed by atoms with van der Waals surface area (Å²) in [6, 6.07) is 4.51. The van der Waals surface area contributed by atoms with E-state index in [0.29, 0.717) is 30.8 Å². The average molecular weight is 338 g/mol. The Hall–Kier alpha value is -2.31. The molecule has 130 valence electrons. The van der Waals surface area contributed by atoms with Crippen LogP contribution >= 0.6 is 0 Å². The zero-order valence-electron chi connectivity index (χ0n) is 14.0. The van der Waals surface area contributed by atoms with E-state index in [1.165, 1.54) is 12.1 Å². The van der Waals surface area contributed by atoms with Crippen molar-refractivity contribution in [2.24, 2.45) is 0 Å². The standard InChI is InChI=1S/C17H21F3N4/c1-13(2)22-6-7-24(12-22)16-9-14(17(18,19)20)8-15(10-16)23-5-4-21(3)11-23/h4-10,13H,11-12H2,1-3H3. The highest BCUT2D eigenvalue weighted by molar-refractivity contribution is 5.65. The summed E-state index contributed by atoms with van der Waals surface area (Å²) in [5.74, 6) is 0. The van der Waals surface area contributed by atoms with Crippen LogP contribution in [-0.2, 0) is 6.18 Å². The molecule has 4 nitrogen and oxygen atoms in total. The molecular formula is C17H21F3N4. The maximum atomic E-state index is 13.3. The van der Waals surface area contributed by atoms with Crippen molar-refractivity contribution in [3.63, 3.8) is 0 Å². The normalized spacial score (nSPS) is 17.8. The molecule has 0 bridgehead atoms. The van der Waals surface area contributed by atoms with E-state index in [-0.39, 0.29) is 0 Å². The van der Waals surface area contributed by atoms with Crippen LogP contribution in [0.1, 0.15) is 19.4 Å². The maximum Gasteiger partial charge on any atom is 0.416 e. The third-order valence-corrected chi connectivity index (χ3v) is 4.19. The fraction of sp³-hybridized carbons (Fsp3) is 0.412. The van der Waals surface area contributed by atoms with Crippen LogP contribution in [-0.4, -0.2) is 36.2 Å². The van der Waals surface area contributed by atoms with Gasteiger partial charge >= 0.3 is 6.18 Å². The monoisotopic (exact) mass is 338 g/mol. The van der Waals surface area contributed by atoms with Crippen LogP contribution in [0.15, 0.2) is 43.0 Å². The average Bonchev–Trinajstić information content (AvgIpc) is 3.14. The van der Waals surface area contributed by atoms with E-state index in [0.717, 1.165) is 0 Å². The van der Waals surface area contributed by atoms with E-state index in [1.54, 1.807) is 17.2 Å². The van der Waals surface area contributed by atoms with Gasteiger partial charge in [0.1, 0.15) is 0 Å². The van der Waals surface area contributed by atoms with E-state index in [2.05, 4.69) is 18.7 Å². The van der Waals surface area contributed by atoms with Gasteiger partial charge in [0, 0.05) is 49.3 Å². The summed E-state index contributed by atoms with van der Waals surface area (Å²) in [6.07, 6.45) is 3.00. The Morgan fingerprint density at radius 3 is 1.92 bits per heavy atom. The van der Waals surface area contributed by atoms with Crippen molar-refractivity contribution in [2.45, 2.75) is 26.1 Å². The van der Waals surface area contributed by atoms with Gasteiger partial charge in [0.15, 0.2) is 0 Å². The predicted molar refractivity (Wildman–Crippen MR) is 89.2 cm³/mol. The van der Waals surface area contributed by atoms with Gasteiger partial charge < -0.3 is 19.6 Å². The van der Waals surface area contributed by atoms with Gasteiger partial charge in [0.2, 0.25) is 0 Å². The van der Waals surface area contributed by atoms with Gasteiger partial charge in [-0.15, -0.1) is 0 Å². The first kappa shape index (κ1) is 16.5. The number of alkyl halides is 3. The topological polar surface area (TPSA) is 13.0 Å². The number of nitrogens with zero attached hydrogens (tertiary/aromatic N) is 4. The highest BCUT2D eigenvalue weighted by atomic mass is 19.4. The summed E-state index contributed by atoms with van der Waals surface area (Å²) >= 11 is 0. The summed E-state index contributed by atoms with van der Waals surface area (Å²) in [5.41, 5.74) is 0.452. The largest absolute Gasteiger partial charge is 0.416 e. The molecule has 0 aliphatic carbocycles. The minimum Gasteiger partial charge on any atom is -0.361 e. The molecule has 2 aliphatic rings. The summed E-state index contributed by atoms with van der Waals surface area (Å²) in [4.78, 5) is 7.63. The molecule has 0 saturated carbocycles. The lowest BCUT2D eigenvalue weighted by Gasteiger charge is -2.26. The van der Waals surface area contributed by atoms with Crippen molar-refractivity contribution in [3.05, 3.63) is 48.6 Å². The van der Waals surface area contributed by atoms with Gasteiger partial charge in [0.25, 0.3) is 0 Å². The highest BCUT2D eigenvalue weighted by Crippen LogP contribution is 2.37. The number of halogens is 3. The maximum absolute atomic E-state index is 13.3. The number of hydrogen-bond acceptors (Lipinski definition) is 4. The van der Waals surface area contributed by atoms with E-state index in [1.807, 2.05) is 35.4 Å². The molecule has 0 aromatic heterocycles. The van der Waals surface area contributed by atoms with Crippen molar-refractivity contribution in [1.29, 1.82) is 0 Å². The third kappa shape index (κ3) is 3.29. The Morgan fingerprint density at radius 1 is 0.875 bits per heavy atom. The minimum absolute atomic E-state index is 0.298. The van der Waals surface area contributed by atoms with E-state index >= 15 is 0 Å². The molecule has 0 N–H and O–H groups in total. The van der Waals surface area contributed by atoms with E-state index < -0.39 is 11.7 Å². The highest BCUT2D eigenvalue weighted by Gasteiger charge is 2.32.